The van der Waals surface area contributed by atoms with Crippen molar-refractivity contribution in [2.45, 2.75) is 18.6 Å². The van der Waals surface area contributed by atoms with Crippen molar-refractivity contribution < 1.29 is 21.6 Å². The number of sulfonamides is 1. The van der Waals surface area contributed by atoms with Crippen LogP contribution in [0.2, 0.25) is 0 Å². The van der Waals surface area contributed by atoms with E-state index in [1.165, 1.54) is 31.1 Å². The number of alkyl halides is 3. The van der Waals surface area contributed by atoms with Gasteiger partial charge in [0.1, 0.15) is 6.17 Å². The molecule has 1 aliphatic rings. The zero-order valence-electron chi connectivity index (χ0n) is 9.43. The molecule has 1 aliphatic heterocycles. The Morgan fingerprint density at radius 2 is 1.94 bits per heavy atom. The van der Waals surface area contributed by atoms with Crippen LogP contribution in [0.1, 0.15) is 6.92 Å². The van der Waals surface area contributed by atoms with Gasteiger partial charge < -0.3 is 4.90 Å². The van der Waals surface area contributed by atoms with Crippen molar-refractivity contribution in [2.75, 3.05) is 14.1 Å². The Kier molecular flexibility index (Phi) is 3.42. The van der Waals surface area contributed by atoms with E-state index in [4.69, 9.17) is 0 Å². The van der Waals surface area contributed by atoms with Crippen LogP contribution in [-0.4, -0.2) is 49.4 Å². The van der Waals surface area contributed by atoms with Gasteiger partial charge in [0, 0.05) is 14.1 Å². The number of allylic oxidation sites excluding steroid dienone is 1. The maximum atomic E-state index is 12.4. The summed E-state index contributed by atoms with van der Waals surface area (Å²) >= 11 is 0. The number of likely N-dealkylation sites (N-methyl/N-ethyl adjacent to an activating group) is 1. The van der Waals surface area contributed by atoms with E-state index in [0.29, 0.717) is 0 Å². The van der Waals surface area contributed by atoms with Gasteiger partial charge in [-0.25, -0.2) is 4.31 Å². The average molecular weight is 271 g/mol. The van der Waals surface area contributed by atoms with Crippen LogP contribution in [0.25, 0.3) is 0 Å². The quantitative estimate of drug-likeness (QED) is 0.703. The number of rotatable bonds is 2. The lowest BCUT2D eigenvalue weighted by atomic mass is 10.3. The van der Waals surface area contributed by atoms with Crippen molar-refractivity contribution in [1.29, 1.82) is 0 Å². The molecule has 0 aliphatic carbocycles. The summed E-state index contributed by atoms with van der Waals surface area (Å²) in [6, 6.07) is 0. The highest BCUT2D eigenvalue weighted by atomic mass is 32.2. The Morgan fingerprint density at radius 1 is 1.41 bits per heavy atom. The third-order valence-electron chi connectivity index (χ3n) is 2.27. The molecule has 0 N–H and O–H groups in total. The van der Waals surface area contributed by atoms with Gasteiger partial charge in [-0.05, 0) is 13.0 Å². The van der Waals surface area contributed by atoms with Gasteiger partial charge in [-0.2, -0.15) is 21.6 Å². The number of hydrogen-bond donors (Lipinski definition) is 0. The van der Waals surface area contributed by atoms with Gasteiger partial charge in [0.05, 0.1) is 0 Å². The predicted octanol–water partition coefficient (Wildman–Crippen LogP) is 0.971. The van der Waals surface area contributed by atoms with Crippen LogP contribution < -0.4 is 0 Å². The van der Waals surface area contributed by atoms with Gasteiger partial charge in [-0.3, -0.25) is 4.99 Å². The summed E-state index contributed by atoms with van der Waals surface area (Å²) in [4.78, 5) is 4.86. The Bertz CT molecular complexity index is 455. The fourth-order valence-corrected chi connectivity index (χ4v) is 2.63. The molecule has 0 aromatic carbocycles. The van der Waals surface area contributed by atoms with Crippen LogP contribution in [0, 0.1) is 0 Å². The zero-order valence-corrected chi connectivity index (χ0v) is 10.2. The molecule has 1 unspecified atom stereocenters. The van der Waals surface area contributed by atoms with Gasteiger partial charge >= 0.3 is 15.5 Å². The molecule has 1 heterocycles. The largest absolute Gasteiger partial charge is 0.516 e. The lowest BCUT2D eigenvalue weighted by Crippen LogP contribution is -2.69. The zero-order chi connectivity index (χ0) is 13.4. The fraction of sp³-hybridized carbons (Fsp3) is 0.625. The normalized spacial score (nSPS) is 24.6. The molecule has 0 aromatic rings. The summed E-state index contributed by atoms with van der Waals surface area (Å²) in [5.41, 5.74) is -5.33. The van der Waals surface area contributed by atoms with Gasteiger partial charge in [0.25, 0.3) is 0 Å². The van der Waals surface area contributed by atoms with Gasteiger partial charge in [-0.15, -0.1) is 0 Å². The summed E-state index contributed by atoms with van der Waals surface area (Å²) < 4.78 is 60.1. The van der Waals surface area contributed by atoms with Crippen LogP contribution in [0.15, 0.2) is 17.1 Å². The summed E-state index contributed by atoms with van der Waals surface area (Å²) in [5, 5.41) is 0. The molecular weight excluding hydrogens is 259 g/mol. The maximum absolute atomic E-state index is 12.4. The Labute approximate surface area is 97.3 Å². The van der Waals surface area contributed by atoms with E-state index in [2.05, 4.69) is 4.99 Å². The van der Waals surface area contributed by atoms with Crippen LogP contribution in [-0.2, 0) is 10.0 Å². The molecule has 1 atom stereocenters. The second-order valence-corrected chi connectivity index (χ2v) is 5.13. The first kappa shape index (κ1) is 13.8. The molecule has 17 heavy (non-hydrogen) atoms. The summed E-state index contributed by atoms with van der Waals surface area (Å²) in [5.74, 6) is -0.231. The molecule has 98 valence electrons. The second-order valence-electron chi connectivity index (χ2n) is 3.32. The average Bonchev–Trinajstić information content (AvgIpc) is 2.19. The van der Waals surface area contributed by atoms with Gasteiger partial charge in [-0.1, -0.05) is 6.08 Å². The molecular formula is C8H12F3N3O2S. The molecule has 0 bridgehead atoms. The van der Waals surface area contributed by atoms with E-state index < -0.39 is 21.7 Å². The number of hydrogen-bond acceptors (Lipinski definition) is 3. The lowest BCUT2D eigenvalue weighted by molar-refractivity contribution is -0.0508. The van der Waals surface area contributed by atoms with Crippen LogP contribution in [0.4, 0.5) is 13.2 Å². The predicted molar refractivity (Wildman–Crippen MR) is 56.5 cm³/mol. The van der Waals surface area contributed by atoms with E-state index in [0.717, 1.165) is 0 Å². The SMILES string of the molecule is C/C=C/C1N(C)C(=NC)N1S(=O)(=O)C(F)(F)F. The Balaban J connectivity index is 3.20. The minimum atomic E-state index is -5.40. The molecule has 1 rings (SSSR count). The first-order chi connectivity index (χ1) is 7.68. The van der Waals surface area contributed by atoms with Gasteiger partial charge in [0.2, 0.25) is 5.96 Å². The first-order valence-electron chi connectivity index (χ1n) is 4.61. The Hall–Kier alpha value is -1.25. The van der Waals surface area contributed by atoms with Crippen molar-refractivity contribution in [3.63, 3.8) is 0 Å². The molecule has 0 amide bonds. The highest BCUT2D eigenvalue weighted by Gasteiger charge is 2.58. The topological polar surface area (TPSA) is 53.0 Å². The van der Waals surface area contributed by atoms with Crippen LogP contribution in [0.5, 0.6) is 0 Å². The van der Waals surface area contributed by atoms with Crippen LogP contribution in [0.3, 0.4) is 0 Å². The van der Waals surface area contributed by atoms with E-state index in [1.54, 1.807) is 6.92 Å². The number of halogens is 3. The molecule has 0 aromatic heterocycles. The molecule has 0 saturated carbocycles. The van der Waals surface area contributed by atoms with E-state index in [1.807, 2.05) is 0 Å². The van der Waals surface area contributed by atoms with Crippen molar-refractivity contribution >= 4 is 16.0 Å². The van der Waals surface area contributed by atoms with Crippen molar-refractivity contribution in [2.24, 2.45) is 4.99 Å². The molecule has 1 saturated heterocycles. The third kappa shape index (κ3) is 1.99. The van der Waals surface area contributed by atoms with Crippen molar-refractivity contribution in [1.82, 2.24) is 9.21 Å². The summed E-state index contributed by atoms with van der Waals surface area (Å²) in [7, 11) is -2.70. The van der Waals surface area contributed by atoms with E-state index in [-0.39, 0.29) is 10.3 Å². The minimum Gasteiger partial charge on any atom is -0.320 e. The van der Waals surface area contributed by atoms with E-state index in [9.17, 15) is 21.6 Å². The second kappa shape index (κ2) is 4.21. The molecule has 0 radical (unpaired) electrons. The smallest absolute Gasteiger partial charge is 0.320 e. The van der Waals surface area contributed by atoms with Crippen molar-refractivity contribution in [3.8, 4) is 0 Å². The highest BCUT2D eigenvalue weighted by Crippen LogP contribution is 2.34. The summed E-state index contributed by atoms with van der Waals surface area (Å²) in [6.45, 7) is 1.59. The van der Waals surface area contributed by atoms with E-state index >= 15 is 0 Å². The minimum absolute atomic E-state index is 0.231. The first-order valence-corrected chi connectivity index (χ1v) is 6.05. The van der Waals surface area contributed by atoms with Gasteiger partial charge in [0.15, 0.2) is 0 Å². The summed E-state index contributed by atoms with van der Waals surface area (Å²) in [6.07, 6.45) is 1.84. The highest BCUT2D eigenvalue weighted by molar-refractivity contribution is 7.90. The van der Waals surface area contributed by atoms with Crippen molar-refractivity contribution in [3.05, 3.63) is 12.2 Å². The molecule has 0 spiro atoms. The third-order valence-corrected chi connectivity index (χ3v) is 3.75. The monoisotopic (exact) mass is 271 g/mol. The lowest BCUT2D eigenvalue weighted by Gasteiger charge is -2.48. The maximum Gasteiger partial charge on any atom is 0.516 e. The standard InChI is InChI=1S/C8H12F3N3O2S/c1-4-5-6-13(3)7(12-2)14(6)17(15,16)8(9,10)11/h4-6H,1-3H3/b5-4+,12-7?. The molecule has 1 fully saturated rings. The molecule has 5 nitrogen and oxygen atoms in total. The fourth-order valence-electron chi connectivity index (χ4n) is 1.49. The number of nitrogens with zero attached hydrogens (tertiary/aromatic N) is 3. The Morgan fingerprint density at radius 3 is 2.29 bits per heavy atom. The number of aliphatic imine (C=N–C) groups is 1. The molecule has 9 heteroatoms. The van der Waals surface area contributed by atoms with Crippen LogP contribution >= 0.6 is 0 Å². The number of guanidine groups is 1.